The standard InChI is InChI=1S/C24H15BrS/c25-24-19(16-9-3-1-4-10-16)15-21-23(18-13-7-8-14-20(18)26-21)22(24)17-11-5-2-6-12-17/h1-15H. The monoisotopic (exact) mass is 414 g/mol. The Labute approximate surface area is 164 Å². The lowest BCUT2D eigenvalue weighted by atomic mass is 9.94. The van der Waals surface area contributed by atoms with Crippen LogP contribution in [0.4, 0.5) is 0 Å². The van der Waals surface area contributed by atoms with Crippen LogP contribution in [0.2, 0.25) is 0 Å². The van der Waals surface area contributed by atoms with E-state index in [-0.39, 0.29) is 0 Å². The van der Waals surface area contributed by atoms with Crippen LogP contribution in [0.3, 0.4) is 0 Å². The highest BCUT2D eigenvalue weighted by Gasteiger charge is 2.18. The number of thiophene rings is 1. The van der Waals surface area contributed by atoms with E-state index in [9.17, 15) is 0 Å². The second-order valence-electron chi connectivity index (χ2n) is 6.32. The van der Waals surface area contributed by atoms with E-state index >= 15 is 0 Å². The molecule has 0 spiro atoms. The molecule has 0 aliphatic rings. The van der Waals surface area contributed by atoms with Gasteiger partial charge in [-0.3, -0.25) is 0 Å². The van der Waals surface area contributed by atoms with E-state index in [1.165, 1.54) is 42.4 Å². The van der Waals surface area contributed by atoms with Crippen molar-refractivity contribution in [3.05, 3.63) is 95.5 Å². The number of fused-ring (bicyclic) bond motifs is 3. The summed E-state index contributed by atoms with van der Waals surface area (Å²) in [6.07, 6.45) is 0. The maximum absolute atomic E-state index is 3.95. The summed E-state index contributed by atoms with van der Waals surface area (Å²) in [5.41, 5.74) is 4.99. The summed E-state index contributed by atoms with van der Waals surface area (Å²) in [5.74, 6) is 0. The van der Waals surface area contributed by atoms with Gasteiger partial charge < -0.3 is 0 Å². The van der Waals surface area contributed by atoms with Crippen molar-refractivity contribution in [2.75, 3.05) is 0 Å². The highest BCUT2D eigenvalue weighted by Crippen LogP contribution is 2.47. The Morgan fingerprint density at radius 1 is 0.615 bits per heavy atom. The van der Waals surface area contributed by atoms with Crippen molar-refractivity contribution in [1.82, 2.24) is 0 Å². The van der Waals surface area contributed by atoms with E-state index in [0.29, 0.717) is 0 Å². The van der Waals surface area contributed by atoms with Gasteiger partial charge in [0.1, 0.15) is 0 Å². The van der Waals surface area contributed by atoms with Crippen LogP contribution in [0.15, 0.2) is 95.5 Å². The van der Waals surface area contributed by atoms with E-state index < -0.39 is 0 Å². The number of benzene rings is 4. The largest absolute Gasteiger partial charge is 0.135 e. The minimum atomic E-state index is 1.16. The van der Waals surface area contributed by atoms with Gasteiger partial charge in [0, 0.05) is 30.2 Å². The van der Waals surface area contributed by atoms with E-state index in [1.807, 2.05) is 11.3 Å². The molecule has 5 rings (SSSR count). The van der Waals surface area contributed by atoms with E-state index in [0.717, 1.165) is 4.47 Å². The Morgan fingerprint density at radius 3 is 1.96 bits per heavy atom. The molecule has 2 heteroatoms. The molecule has 124 valence electrons. The predicted molar refractivity (Wildman–Crippen MR) is 118 cm³/mol. The van der Waals surface area contributed by atoms with Crippen LogP contribution >= 0.6 is 27.3 Å². The van der Waals surface area contributed by atoms with Crippen LogP contribution in [-0.2, 0) is 0 Å². The molecule has 1 aromatic heterocycles. The first-order chi connectivity index (χ1) is 12.8. The average molecular weight is 415 g/mol. The molecule has 0 N–H and O–H groups in total. The molecule has 0 bridgehead atoms. The first-order valence-electron chi connectivity index (χ1n) is 8.57. The highest BCUT2D eigenvalue weighted by atomic mass is 79.9. The summed E-state index contributed by atoms with van der Waals surface area (Å²) in [5, 5.41) is 2.66. The molecule has 5 aromatic rings. The Morgan fingerprint density at radius 2 is 1.23 bits per heavy atom. The summed E-state index contributed by atoms with van der Waals surface area (Å²) >= 11 is 5.82. The van der Waals surface area contributed by atoms with Crippen molar-refractivity contribution in [3.8, 4) is 22.3 Å². The smallest absolute Gasteiger partial charge is 0.0368 e. The molecule has 26 heavy (non-hydrogen) atoms. The van der Waals surface area contributed by atoms with Crippen molar-refractivity contribution in [2.24, 2.45) is 0 Å². The van der Waals surface area contributed by atoms with Gasteiger partial charge in [-0.15, -0.1) is 11.3 Å². The van der Waals surface area contributed by atoms with Crippen molar-refractivity contribution in [2.45, 2.75) is 0 Å². The van der Waals surface area contributed by atoms with Gasteiger partial charge in [0.25, 0.3) is 0 Å². The van der Waals surface area contributed by atoms with Gasteiger partial charge in [-0.25, -0.2) is 0 Å². The molecular weight excluding hydrogens is 400 g/mol. The predicted octanol–water partition coefficient (Wildman–Crippen LogP) is 8.15. The maximum Gasteiger partial charge on any atom is 0.0368 e. The molecule has 0 saturated heterocycles. The fraction of sp³-hybridized carbons (Fsp3) is 0. The summed E-state index contributed by atoms with van der Waals surface area (Å²) in [6.45, 7) is 0. The number of halogens is 1. The Hall–Kier alpha value is -2.42. The fourth-order valence-electron chi connectivity index (χ4n) is 3.57. The molecule has 0 aliphatic carbocycles. The summed E-state index contributed by atoms with van der Waals surface area (Å²) in [6, 6.07) is 32.3. The van der Waals surface area contributed by atoms with Gasteiger partial charge in [-0.2, -0.15) is 0 Å². The van der Waals surface area contributed by atoms with E-state index in [4.69, 9.17) is 0 Å². The topological polar surface area (TPSA) is 0 Å². The minimum absolute atomic E-state index is 1.16. The summed E-state index contributed by atoms with van der Waals surface area (Å²) in [7, 11) is 0. The average Bonchev–Trinajstić information content (AvgIpc) is 3.07. The van der Waals surface area contributed by atoms with Crippen LogP contribution in [0.5, 0.6) is 0 Å². The van der Waals surface area contributed by atoms with Crippen molar-refractivity contribution >= 4 is 47.4 Å². The molecule has 0 saturated carbocycles. The zero-order valence-corrected chi connectivity index (χ0v) is 16.3. The van der Waals surface area contributed by atoms with Crippen LogP contribution in [-0.4, -0.2) is 0 Å². The summed E-state index contributed by atoms with van der Waals surface area (Å²) in [4.78, 5) is 0. The maximum atomic E-state index is 3.95. The Bertz CT molecular complexity index is 1220. The van der Waals surface area contributed by atoms with Crippen molar-refractivity contribution in [3.63, 3.8) is 0 Å². The minimum Gasteiger partial charge on any atom is -0.135 e. The lowest BCUT2D eigenvalue weighted by molar-refractivity contribution is 1.60. The van der Waals surface area contributed by atoms with Gasteiger partial charge in [0.15, 0.2) is 0 Å². The Balaban J connectivity index is 1.96. The molecule has 4 aromatic carbocycles. The first-order valence-corrected chi connectivity index (χ1v) is 10.2. The molecule has 0 unspecified atom stereocenters. The molecule has 0 radical (unpaired) electrons. The fourth-order valence-corrected chi connectivity index (χ4v) is 5.49. The third-order valence-corrected chi connectivity index (χ3v) is 6.69. The van der Waals surface area contributed by atoms with E-state index in [2.05, 4.69) is 107 Å². The zero-order valence-electron chi connectivity index (χ0n) is 13.9. The van der Waals surface area contributed by atoms with Crippen molar-refractivity contribution < 1.29 is 0 Å². The normalized spacial score (nSPS) is 11.3. The lowest BCUT2D eigenvalue weighted by Crippen LogP contribution is -1.87. The van der Waals surface area contributed by atoms with Gasteiger partial charge in [0.05, 0.1) is 0 Å². The quantitative estimate of drug-likeness (QED) is 0.273. The lowest BCUT2D eigenvalue weighted by Gasteiger charge is -2.13. The van der Waals surface area contributed by atoms with Crippen LogP contribution in [0.25, 0.3) is 42.4 Å². The van der Waals surface area contributed by atoms with Gasteiger partial charge in [-0.1, -0.05) is 78.9 Å². The second-order valence-corrected chi connectivity index (χ2v) is 8.19. The second kappa shape index (κ2) is 6.39. The first kappa shape index (κ1) is 15.8. The van der Waals surface area contributed by atoms with Gasteiger partial charge >= 0.3 is 0 Å². The number of hydrogen-bond acceptors (Lipinski definition) is 1. The van der Waals surface area contributed by atoms with Crippen LogP contribution < -0.4 is 0 Å². The molecule has 1 heterocycles. The molecule has 0 nitrogen and oxygen atoms in total. The highest BCUT2D eigenvalue weighted by molar-refractivity contribution is 9.10. The SMILES string of the molecule is Brc1c(-c2ccccc2)cc2sc3ccccc3c2c1-c1ccccc1. The van der Waals surface area contributed by atoms with E-state index in [1.54, 1.807) is 0 Å². The number of rotatable bonds is 2. The molecule has 0 atom stereocenters. The molecule has 0 amide bonds. The Kier molecular flexibility index (Phi) is 3.88. The van der Waals surface area contributed by atoms with Crippen LogP contribution in [0, 0.1) is 0 Å². The third kappa shape index (κ3) is 2.49. The molecular formula is C24H15BrS. The van der Waals surface area contributed by atoms with Gasteiger partial charge in [0.2, 0.25) is 0 Å². The molecule has 0 fully saturated rings. The zero-order chi connectivity index (χ0) is 17.5. The summed E-state index contributed by atoms with van der Waals surface area (Å²) < 4.78 is 3.81. The third-order valence-electron chi connectivity index (χ3n) is 4.75. The van der Waals surface area contributed by atoms with Gasteiger partial charge in [-0.05, 0) is 44.8 Å². The van der Waals surface area contributed by atoms with Crippen LogP contribution in [0.1, 0.15) is 0 Å². The molecule has 0 aliphatic heterocycles. The van der Waals surface area contributed by atoms with Crippen molar-refractivity contribution in [1.29, 1.82) is 0 Å². The number of hydrogen-bond donors (Lipinski definition) is 0.